The van der Waals surface area contributed by atoms with Gasteiger partial charge < -0.3 is 15.0 Å². The normalized spacial score (nSPS) is 10.9. The van der Waals surface area contributed by atoms with Gasteiger partial charge in [-0.2, -0.15) is 0 Å². The molecule has 5 nitrogen and oxygen atoms in total. The third-order valence-electron chi connectivity index (χ3n) is 7.79. The average molecular weight is 551 g/mol. The Morgan fingerprint density at radius 3 is 1.23 bits per heavy atom. The molecule has 0 saturated heterocycles. The van der Waals surface area contributed by atoms with Gasteiger partial charge in [0.15, 0.2) is 0 Å². The lowest BCUT2D eigenvalue weighted by molar-refractivity contribution is -0.696. The van der Waals surface area contributed by atoms with Gasteiger partial charge in [0.2, 0.25) is 6.33 Å². The predicted molar refractivity (Wildman–Crippen MR) is 163 cm³/mol. The second kappa shape index (κ2) is 31.0. The number of carbonyl (C=O) groups is 1. The summed E-state index contributed by atoms with van der Waals surface area (Å²) in [6.45, 7) is 7.00. The number of nitrogens with zero attached hydrogens (tertiary/aromatic N) is 2. The maximum atomic E-state index is 8.33. The van der Waals surface area contributed by atoms with E-state index in [-0.39, 0.29) is 1.43 Å². The number of aromatic nitrogens is 2. The molecule has 0 aliphatic rings. The SMILES string of the molecule is CCCCCCCCCCCCCCCCCC[n+]1ccn(CCCCCCCCCCCC)c1.O=C([O-])[O-].[H+]. The highest BCUT2D eigenvalue weighted by Crippen LogP contribution is 2.14. The first kappa shape index (κ1) is 37.5. The summed E-state index contributed by atoms with van der Waals surface area (Å²) in [7, 11) is 0. The van der Waals surface area contributed by atoms with E-state index in [1.807, 2.05) is 0 Å². The number of rotatable bonds is 28. The van der Waals surface area contributed by atoms with E-state index in [0.29, 0.717) is 0 Å². The van der Waals surface area contributed by atoms with Gasteiger partial charge in [0.25, 0.3) is 0 Å². The zero-order chi connectivity index (χ0) is 28.7. The third kappa shape index (κ3) is 30.9. The average Bonchev–Trinajstić information content (AvgIpc) is 3.36. The fourth-order valence-electron chi connectivity index (χ4n) is 5.33. The molecule has 230 valence electrons. The van der Waals surface area contributed by atoms with Gasteiger partial charge in [-0.1, -0.05) is 155 Å². The summed E-state index contributed by atoms with van der Waals surface area (Å²) >= 11 is 0. The van der Waals surface area contributed by atoms with Crippen molar-refractivity contribution in [3.8, 4) is 0 Å². The second-order valence-electron chi connectivity index (χ2n) is 11.6. The van der Waals surface area contributed by atoms with Gasteiger partial charge >= 0.3 is 1.43 Å². The fourth-order valence-corrected chi connectivity index (χ4v) is 5.33. The minimum absolute atomic E-state index is 0. The first-order chi connectivity index (χ1) is 19.1. The van der Waals surface area contributed by atoms with Crippen LogP contribution in [0.2, 0.25) is 0 Å². The third-order valence-corrected chi connectivity index (χ3v) is 7.79. The standard InChI is InChI=1S/C33H65N2.CH2O3/c1-3-5-7-9-11-13-15-16-17-18-19-20-22-24-26-28-30-35-32-31-34(33-35)29-27-25-23-21-14-12-10-8-6-4-2;2-1(3)4/h31-33H,3-30H2,1-2H3;(H2,2,3,4)/q+1;/p-1. The Labute approximate surface area is 244 Å². The molecule has 0 amide bonds. The molecule has 0 radical (unpaired) electrons. The highest BCUT2D eigenvalue weighted by Gasteiger charge is 2.03. The molecule has 39 heavy (non-hydrogen) atoms. The molecule has 0 spiro atoms. The van der Waals surface area contributed by atoms with Gasteiger partial charge in [0.05, 0.1) is 13.1 Å². The Bertz CT molecular complexity index is 620. The molecule has 0 bridgehead atoms. The fraction of sp³-hybridized carbons (Fsp3) is 0.882. The van der Waals surface area contributed by atoms with Gasteiger partial charge in [-0.15, -0.1) is 0 Å². The van der Waals surface area contributed by atoms with E-state index in [0.717, 1.165) is 0 Å². The molecular weight excluding hydrogens is 484 g/mol. The molecule has 0 N–H and O–H groups in total. The lowest BCUT2D eigenvalue weighted by Gasteiger charge is -2.03. The van der Waals surface area contributed by atoms with Crippen molar-refractivity contribution >= 4 is 6.16 Å². The van der Waals surface area contributed by atoms with Gasteiger partial charge in [-0.05, 0) is 31.8 Å². The van der Waals surface area contributed by atoms with Crippen LogP contribution in [-0.2, 0) is 13.1 Å². The molecule has 1 rings (SSSR count). The predicted octanol–water partition coefficient (Wildman–Crippen LogP) is 8.62. The monoisotopic (exact) mass is 551 g/mol. The highest BCUT2D eigenvalue weighted by molar-refractivity contribution is 5.47. The topological polar surface area (TPSA) is 72.0 Å². The van der Waals surface area contributed by atoms with E-state index >= 15 is 0 Å². The smallest absolute Gasteiger partial charge is 0.652 e. The minimum atomic E-state index is -2.33. The van der Waals surface area contributed by atoms with Crippen LogP contribution in [0.15, 0.2) is 18.7 Å². The van der Waals surface area contributed by atoms with Crippen molar-refractivity contribution in [2.24, 2.45) is 0 Å². The van der Waals surface area contributed by atoms with Crippen molar-refractivity contribution in [1.82, 2.24) is 4.57 Å². The Balaban J connectivity index is 0. The Morgan fingerprint density at radius 2 is 0.872 bits per heavy atom. The molecule has 0 saturated carbocycles. The van der Waals surface area contributed by atoms with E-state index in [2.05, 4.69) is 41.7 Å². The number of carboxylic acid groups (broad SMARTS) is 2. The van der Waals surface area contributed by atoms with Crippen LogP contribution in [0.4, 0.5) is 4.79 Å². The zero-order valence-corrected chi connectivity index (χ0v) is 26.2. The number of hydrogen-bond donors (Lipinski definition) is 0. The molecule has 1 heterocycles. The van der Waals surface area contributed by atoms with Crippen molar-refractivity contribution in [3.63, 3.8) is 0 Å². The van der Waals surface area contributed by atoms with E-state index in [9.17, 15) is 0 Å². The molecule has 0 atom stereocenters. The molecule has 1 aromatic rings. The van der Waals surface area contributed by atoms with Crippen molar-refractivity contribution in [2.45, 2.75) is 194 Å². The van der Waals surface area contributed by atoms with Crippen LogP contribution >= 0.6 is 0 Å². The summed E-state index contributed by atoms with van der Waals surface area (Å²) in [6.07, 6.45) is 41.9. The number of aryl methyl sites for hydroxylation is 2. The Morgan fingerprint density at radius 1 is 0.564 bits per heavy atom. The van der Waals surface area contributed by atoms with E-state index in [1.165, 1.54) is 180 Å². The number of carbonyl (C=O) groups excluding carboxylic acids is 1. The van der Waals surface area contributed by atoms with Crippen molar-refractivity contribution in [1.29, 1.82) is 0 Å². The van der Waals surface area contributed by atoms with Gasteiger partial charge in [0.1, 0.15) is 12.4 Å². The molecule has 5 heteroatoms. The quantitative estimate of drug-likeness (QED) is 0.0774. The molecule has 0 aromatic carbocycles. The Kier molecular flexibility index (Phi) is 29.8. The first-order valence-corrected chi connectivity index (χ1v) is 17.0. The van der Waals surface area contributed by atoms with Gasteiger partial charge in [-0.25, -0.2) is 9.13 Å². The zero-order valence-electron chi connectivity index (χ0n) is 27.2. The van der Waals surface area contributed by atoms with Gasteiger partial charge in [-0.3, -0.25) is 0 Å². The van der Waals surface area contributed by atoms with Gasteiger partial charge in [0, 0.05) is 0 Å². The number of hydrogen-bond acceptors (Lipinski definition) is 3. The Hall–Kier alpha value is -1.52. The molecule has 0 aliphatic carbocycles. The molecule has 0 aliphatic heterocycles. The summed E-state index contributed by atoms with van der Waals surface area (Å²) < 4.78 is 4.80. The summed E-state index contributed by atoms with van der Waals surface area (Å²) in [5.41, 5.74) is 0. The lowest BCUT2D eigenvalue weighted by Crippen LogP contribution is -2.37. The van der Waals surface area contributed by atoms with Crippen LogP contribution in [0, 0.1) is 0 Å². The van der Waals surface area contributed by atoms with Crippen molar-refractivity contribution in [2.75, 3.05) is 0 Å². The minimum Gasteiger partial charge on any atom is -0.652 e. The van der Waals surface area contributed by atoms with Crippen LogP contribution in [0.5, 0.6) is 0 Å². The summed E-state index contributed by atoms with van der Waals surface area (Å²) in [6, 6.07) is 0. The lowest BCUT2D eigenvalue weighted by atomic mass is 10.0. The number of imidazole rings is 1. The van der Waals surface area contributed by atoms with E-state index < -0.39 is 6.16 Å². The largest absolute Gasteiger partial charge is 1.00 e. The number of unbranched alkanes of at least 4 members (excludes halogenated alkanes) is 24. The van der Waals surface area contributed by atoms with Crippen molar-refractivity contribution < 1.29 is 21.0 Å². The first-order valence-electron chi connectivity index (χ1n) is 17.0. The summed E-state index contributed by atoms with van der Waals surface area (Å²) in [5.74, 6) is 0. The molecule has 0 fully saturated rings. The van der Waals surface area contributed by atoms with Crippen LogP contribution in [0.25, 0.3) is 0 Å². The van der Waals surface area contributed by atoms with Crippen LogP contribution < -0.4 is 14.8 Å². The van der Waals surface area contributed by atoms with Crippen LogP contribution in [0.1, 0.15) is 182 Å². The van der Waals surface area contributed by atoms with E-state index in [1.54, 1.807) is 0 Å². The second-order valence-corrected chi connectivity index (χ2v) is 11.6. The van der Waals surface area contributed by atoms with E-state index in [4.69, 9.17) is 15.0 Å². The maximum Gasteiger partial charge on any atom is 1.00 e. The maximum absolute atomic E-state index is 8.33. The highest BCUT2D eigenvalue weighted by atomic mass is 16.6. The summed E-state index contributed by atoms with van der Waals surface area (Å²) in [4.78, 5) is 8.33. The molecule has 1 aromatic heterocycles. The van der Waals surface area contributed by atoms with Crippen LogP contribution in [0.3, 0.4) is 0 Å². The summed E-state index contributed by atoms with van der Waals surface area (Å²) in [5, 5.41) is 16.7. The molecular formula is C34H66N2O3. The van der Waals surface area contributed by atoms with Crippen molar-refractivity contribution in [3.05, 3.63) is 18.7 Å². The van der Waals surface area contributed by atoms with Crippen LogP contribution in [-0.4, -0.2) is 10.7 Å². The molecule has 0 unspecified atom stereocenters.